The predicted molar refractivity (Wildman–Crippen MR) is 72.0 cm³/mol. The van der Waals surface area contributed by atoms with Gasteiger partial charge in [-0.1, -0.05) is 26.8 Å². The van der Waals surface area contributed by atoms with Gasteiger partial charge in [0.05, 0.1) is 5.69 Å². The predicted octanol–water partition coefficient (Wildman–Crippen LogP) is 3.12. The molecule has 1 fully saturated rings. The number of aromatic nitrogens is 2. The van der Waals surface area contributed by atoms with Gasteiger partial charge in [-0.25, -0.2) is 4.98 Å². The molecule has 0 aliphatic heterocycles. The summed E-state index contributed by atoms with van der Waals surface area (Å²) in [5.41, 5.74) is 7.50. The summed E-state index contributed by atoms with van der Waals surface area (Å²) in [4.78, 5) is 4.77. The zero-order valence-electron chi connectivity index (χ0n) is 11.2. The van der Waals surface area contributed by atoms with Crippen LogP contribution in [0.25, 0.3) is 0 Å². The molecule has 2 N–H and O–H groups in total. The van der Waals surface area contributed by atoms with Crippen molar-refractivity contribution in [3.05, 3.63) is 24.2 Å². The van der Waals surface area contributed by atoms with Gasteiger partial charge in [-0.3, -0.25) is 0 Å². The van der Waals surface area contributed by atoms with Crippen molar-refractivity contribution in [1.29, 1.82) is 0 Å². The second-order valence-corrected chi connectivity index (χ2v) is 6.21. The molecule has 1 heterocycles. The van der Waals surface area contributed by atoms with Crippen LogP contribution in [-0.2, 0) is 13.0 Å². The summed E-state index contributed by atoms with van der Waals surface area (Å²) in [5, 5.41) is 0. The van der Waals surface area contributed by atoms with Crippen molar-refractivity contribution in [2.24, 2.45) is 5.41 Å². The number of hydrogen-bond donors (Lipinski definition) is 1. The number of rotatable bonds is 4. The molecule has 0 bridgehead atoms. The lowest BCUT2D eigenvalue weighted by atomic mass is 9.90. The summed E-state index contributed by atoms with van der Waals surface area (Å²) in [6, 6.07) is 0. The molecular formula is C14H23N3. The topological polar surface area (TPSA) is 43.8 Å². The molecule has 94 valence electrons. The van der Waals surface area contributed by atoms with Crippen LogP contribution in [0.15, 0.2) is 12.7 Å². The van der Waals surface area contributed by atoms with Crippen LogP contribution in [0.5, 0.6) is 0 Å². The van der Waals surface area contributed by atoms with Crippen LogP contribution in [0.4, 0.5) is 5.82 Å². The summed E-state index contributed by atoms with van der Waals surface area (Å²) in [7, 11) is 0. The normalized spacial score (nSPS) is 16.2. The van der Waals surface area contributed by atoms with Gasteiger partial charge in [-0.2, -0.15) is 0 Å². The number of anilines is 1. The number of nitrogen functional groups attached to an aromatic ring is 1. The number of nitrogens with zero attached hydrogens (tertiary/aromatic N) is 2. The molecule has 1 aromatic rings. The lowest BCUT2D eigenvalue weighted by molar-refractivity contribution is 0.407. The Hall–Kier alpha value is -1.25. The molecule has 0 atom stereocenters. The fraction of sp³-hybridized carbons (Fsp3) is 0.643. The molecule has 3 nitrogen and oxygen atoms in total. The first kappa shape index (κ1) is 12.2. The van der Waals surface area contributed by atoms with Crippen molar-refractivity contribution >= 4 is 5.82 Å². The molecule has 1 saturated carbocycles. The van der Waals surface area contributed by atoms with Crippen LogP contribution in [0, 0.1) is 5.41 Å². The molecule has 1 aliphatic rings. The summed E-state index contributed by atoms with van der Waals surface area (Å²) in [5.74, 6) is 2.63. The van der Waals surface area contributed by atoms with E-state index < -0.39 is 0 Å². The average Bonchev–Trinajstić information content (AvgIpc) is 2.98. The second kappa shape index (κ2) is 4.21. The lowest BCUT2D eigenvalue weighted by Crippen LogP contribution is -2.11. The molecule has 0 saturated heterocycles. The summed E-state index contributed by atoms with van der Waals surface area (Å²) in [6.07, 6.45) is 5.33. The Bertz CT molecular complexity index is 419. The van der Waals surface area contributed by atoms with Gasteiger partial charge >= 0.3 is 0 Å². The fourth-order valence-corrected chi connectivity index (χ4v) is 2.14. The molecule has 0 radical (unpaired) electrons. The number of allylic oxidation sites excluding steroid dienone is 1. The maximum absolute atomic E-state index is 6.22. The summed E-state index contributed by atoms with van der Waals surface area (Å²) >= 11 is 0. The smallest absolute Gasteiger partial charge is 0.127 e. The SMILES string of the molecule is C=CCn1c(C2CC2)nc(CC(C)(C)C)c1N. The Kier molecular flexibility index (Phi) is 3.02. The molecule has 3 heteroatoms. The van der Waals surface area contributed by atoms with E-state index in [0.29, 0.717) is 5.92 Å². The standard InChI is InChI=1S/C14H23N3/c1-5-8-17-12(15)11(9-14(2,3)4)16-13(17)10-6-7-10/h5,10H,1,6-9,15H2,2-4H3. The van der Waals surface area contributed by atoms with E-state index in [0.717, 1.165) is 24.5 Å². The van der Waals surface area contributed by atoms with E-state index in [1.807, 2.05) is 6.08 Å². The van der Waals surface area contributed by atoms with Crippen molar-refractivity contribution < 1.29 is 0 Å². The molecule has 17 heavy (non-hydrogen) atoms. The molecule has 0 amide bonds. The highest BCUT2D eigenvalue weighted by molar-refractivity contribution is 5.40. The zero-order valence-corrected chi connectivity index (χ0v) is 11.2. The van der Waals surface area contributed by atoms with Gasteiger partial charge in [0.2, 0.25) is 0 Å². The Morgan fingerprint density at radius 3 is 2.59 bits per heavy atom. The van der Waals surface area contributed by atoms with Gasteiger partial charge in [0, 0.05) is 12.5 Å². The highest BCUT2D eigenvalue weighted by Gasteiger charge is 2.31. The molecule has 0 unspecified atom stereocenters. The van der Waals surface area contributed by atoms with Crippen molar-refractivity contribution in [1.82, 2.24) is 9.55 Å². The van der Waals surface area contributed by atoms with Crippen LogP contribution in [-0.4, -0.2) is 9.55 Å². The summed E-state index contributed by atoms with van der Waals surface area (Å²) < 4.78 is 2.13. The minimum Gasteiger partial charge on any atom is -0.384 e. The van der Waals surface area contributed by atoms with E-state index >= 15 is 0 Å². The number of imidazole rings is 1. The second-order valence-electron chi connectivity index (χ2n) is 6.21. The van der Waals surface area contributed by atoms with E-state index in [-0.39, 0.29) is 5.41 Å². The van der Waals surface area contributed by atoms with Crippen molar-refractivity contribution in [2.45, 2.75) is 52.5 Å². The first-order valence-corrected chi connectivity index (χ1v) is 6.38. The average molecular weight is 233 g/mol. The Morgan fingerprint density at radius 2 is 2.12 bits per heavy atom. The first-order valence-electron chi connectivity index (χ1n) is 6.38. The van der Waals surface area contributed by atoms with E-state index in [1.165, 1.54) is 18.7 Å². The van der Waals surface area contributed by atoms with Gasteiger partial charge in [0.25, 0.3) is 0 Å². The zero-order chi connectivity index (χ0) is 12.6. The fourth-order valence-electron chi connectivity index (χ4n) is 2.14. The van der Waals surface area contributed by atoms with E-state index in [9.17, 15) is 0 Å². The van der Waals surface area contributed by atoms with Crippen LogP contribution < -0.4 is 5.73 Å². The molecule has 1 aromatic heterocycles. The Balaban J connectivity index is 2.33. The van der Waals surface area contributed by atoms with E-state index in [4.69, 9.17) is 10.7 Å². The molecule has 0 spiro atoms. The van der Waals surface area contributed by atoms with Gasteiger partial charge < -0.3 is 10.3 Å². The number of nitrogens with two attached hydrogens (primary N) is 1. The first-order chi connectivity index (χ1) is 7.92. The third-order valence-electron chi connectivity index (χ3n) is 3.06. The largest absolute Gasteiger partial charge is 0.384 e. The Labute approximate surface area is 104 Å². The minimum absolute atomic E-state index is 0.225. The highest BCUT2D eigenvalue weighted by atomic mass is 15.1. The lowest BCUT2D eigenvalue weighted by Gasteiger charge is -2.16. The van der Waals surface area contributed by atoms with Gasteiger partial charge in [0.1, 0.15) is 11.6 Å². The van der Waals surface area contributed by atoms with Crippen LogP contribution >= 0.6 is 0 Å². The van der Waals surface area contributed by atoms with Crippen molar-refractivity contribution in [3.8, 4) is 0 Å². The minimum atomic E-state index is 0.225. The maximum Gasteiger partial charge on any atom is 0.127 e. The monoisotopic (exact) mass is 233 g/mol. The van der Waals surface area contributed by atoms with E-state index in [1.54, 1.807) is 0 Å². The quantitative estimate of drug-likeness (QED) is 0.812. The van der Waals surface area contributed by atoms with E-state index in [2.05, 4.69) is 31.9 Å². The van der Waals surface area contributed by atoms with Gasteiger partial charge in [-0.15, -0.1) is 6.58 Å². The molecule has 0 aromatic carbocycles. The van der Waals surface area contributed by atoms with Crippen LogP contribution in [0.1, 0.15) is 51.0 Å². The summed E-state index contributed by atoms with van der Waals surface area (Å²) in [6.45, 7) is 11.2. The number of hydrogen-bond acceptors (Lipinski definition) is 2. The molecular weight excluding hydrogens is 210 g/mol. The third kappa shape index (κ3) is 2.71. The maximum atomic E-state index is 6.22. The molecule has 2 rings (SSSR count). The van der Waals surface area contributed by atoms with Crippen molar-refractivity contribution in [2.75, 3.05) is 5.73 Å². The van der Waals surface area contributed by atoms with Crippen LogP contribution in [0.3, 0.4) is 0 Å². The highest BCUT2D eigenvalue weighted by Crippen LogP contribution is 2.41. The molecule has 1 aliphatic carbocycles. The Morgan fingerprint density at radius 1 is 1.47 bits per heavy atom. The van der Waals surface area contributed by atoms with Crippen molar-refractivity contribution in [3.63, 3.8) is 0 Å². The van der Waals surface area contributed by atoms with Crippen LogP contribution in [0.2, 0.25) is 0 Å². The van der Waals surface area contributed by atoms with Gasteiger partial charge in [-0.05, 0) is 24.7 Å². The third-order valence-corrected chi connectivity index (χ3v) is 3.06. The van der Waals surface area contributed by atoms with Gasteiger partial charge in [0.15, 0.2) is 0 Å².